The number of ether oxygens (including phenoxy) is 1. The lowest BCUT2D eigenvalue weighted by molar-refractivity contribution is -0.385. The van der Waals surface area contributed by atoms with Gasteiger partial charge in [0.15, 0.2) is 5.82 Å². The van der Waals surface area contributed by atoms with E-state index in [9.17, 15) is 10.1 Å². The molecule has 1 aromatic heterocycles. The van der Waals surface area contributed by atoms with E-state index >= 15 is 0 Å². The first kappa shape index (κ1) is 14.9. The van der Waals surface area contributed by atoms with Crippen LogP contribution in [-0.2, 0) is 0 Å². The van der Waals surface area contributed by atoms with Crippen molar-refractivity contribution in [3.05, 3.63) is 34.1 Å². The van der Waals surface area contributed by atoms with Crippen LogP contribution in [0.5, 0.6) is 5.75 Å². The molecule has 0 amide bonds. The fourth-order valence-corrected chi connectivity index (χ4v) is 1.99. The van der Waals surface area contributed by atoms with Crippen molar-refractivity contribution in [1.29, 1.82) is 0 Å². The summed E-state index contributed by atoms with van der Waals surface area (Å²) in [5.41, 5.74) is 6.13. The van der Waals surface area contributed by atoms with Crippen LogP contribution >= 0.6 is 0 Å². The molecule has 0 bridgehead atoms. The van der Waals surface area contributed by atoms with Gasteiger partial charge in [0.05, 0.1) is 23.6 Å². The van der Waals surface area contributed by atoms with Gasteiger partial charge in [0.2, 0.25) is 5.75 Å². The summed E-state index contributed by atoms with van der Waals surface area (Å²) >= 11 is 0. The third kappa shape index (κ3) is 3.00. The second kappa shape index (κ2) is 6.31. The van der Waals surface area contributed by atoms with Crippen molar-refractivity contribution < 1.29 is 14.2 Å². The fraction of sp³-hybridized carbons (Fsp3) is 0.385. The lowest BCUT2D eigenvalue weighted by Crippen LogP contribution is -2.11. The molecule has 0 saturated heterocycles. The largest absolute Gasteiger partial charge is 0.490 e. The van der Waals surface area contributed by atoms with Crippen LogP contribution in [0.15, 0.2) is 22.7 Å². The number of nitro groups is 1. The van der Waals surface area contributed by atoms with Gasteiger partial charge in [-0.25, -0.2) is 0 Å². The molecule has 1 aromatic carbocycles. The Balaban J connectivity index is 2.43. The Labute approximate surface area is 121 Å². The lowest BCUT2D eigenvalue weighted by Gasteiger charge is -2.05. The van der Waals surface area contributed by atoms with E-state index in [-0.39, 0.29) is 23.4 Å². The Bertz CT molecular complexity index is 641. The maximum absolute atomic E-state index is 11.0. The van der Waals surface area contributed by atoms with Crippen molar-refractivity contribution in [3.8, 4) is 17.2 Å². The van der Waals surface area contributed by atoms with Gasteiger partial charge in [-0.2, -0.15) is 4.98 Å². The van der Waals surface area contributed by atoms with Gasteiger partial charge in [0.25, 0.3) is 5.89 Å². The zero-order valence-corrected chi connectivity index (χ0v) is 11.8. The van der Waals surface area contributed by atoms with Crippen LogP contribution in [0.3, 0.4) is 0 Å². The van der Waals surface area contributed by atoms with Crippen molar-refractivity contribution in [2.24, 2.45) is 5.73 Å². The molecule has 112 valence electrons. The molecule has 0 saturated carbocycles. The maximum Gasteiger partial charge on any atom is 0.311 e. The summed E-state index contributed by atoms with van der Waals surface area (Å²) < 4.78 is 10.3. The van der Waals surface area contributed by atoms with Crippen molar-refractivity contribution in [3.63, 3.8) is 0 Å². The summed E-state index contributed by atoms with van der Waals surface area (Å²) in [7, 11) is 1.35. The number of aromatic nitrogens is 2. The highest BCUT2D eigenvalue weighted by Gasteiger charge is 2.23. The van der Waals surface area contributed by atoms with Gasteiger partial charge in [-0.15, -0.1) is 0 Å². The highest BCUT2D eigenvalue weighted by molar-refractivity contribution is 5.69. The first-order chi connectivity index (χ1) is 10.1. The molecule has 0 aliphatic carbocycles. The van der Waals surface area contributed by atoms with Gasteiger partial charge in [0.1, 0.15) is 0 Å². The van der Waals surface area contributed by atoms with Crippen LogP contribution in [0, 0.1) is 10.1 Å². The molecule has 1 heterocycles. The molecule has 2 N–H and O–H groups in total. The van der Waals surface area contributed by atoms with Crippen LogP contribution in [0.4, 0.5) is 5.69 Å². The summed E-state index contributed by atoms with van der Waals surface area (Å²) in [5.74, 6) is 0.610. The number of para-hydroxylation sites is 1. The lowest BCUT2D eigenvalue weighted by atomic mass is 10.1. The van der Waals surface area contributed by atoms with Crippen molar-refractivity contribution in [2.45, 2.75) is 25.8 Å². The summed E-state index contributed by atoms with van der Waals surface area (Å²) in [6, 6.07) is 4.18. The SMILES string of the molecule is CCCC(N)c1noc(-c2cccc([N+](=O)[O-])c2OC)n1. The number of hydrogen-bond acceptors (Lipinski definition) is 7. The Morgan fingerprint density at radius 1 is 1.52 bits per heavy atom. The molecule has 21 heavy (non-hydrogen) atoms. The molecule has 1 unspecified atom stereocenters. The van der Waals surface area contributed by atoms with Gasteiger partial charge < -0.3 is 15.0 Å². The maximum atomic E-state index is 11.0. The number of hydrogen-bond donors (Lipinski definition) is 1. The number of nitrogens with zero attached hydrogens (tertiary/aromatic N) is 3. The Hall–Kier alpha value is -2.48. The van der Waals surface area contributed by atoms with Gasteiger partial charge in [-0.05, 0) is 12.5 Å². The van der Waals surface area contributed by atoms with Crippen molar-refractivity contribution >= 4 is 5.69 Å². The van der Waals surface area contributed by atoms with Gasteiger partial charge >= 0.3 is 5.69 Å². The Morgan fingerprint density at radius 2 is 2.29 bits per heavy atom. The predicted molar refractivity (Wildman–Crippen MR) is 74.8 cm³/mol. The molecular formula is C13H16N4O4. The minimum atomic E-state index is -0.525. The minimum absolute atomic E-state index is 0.0850. The molecule has 1 atom stereocenters. The third-order valence-electron chi connectivity index (χ3n) is 3.00. The van der Waals surface area contributed by atoms with Gasteiger partial charge in [-0.1, -0.05) is 24.6 Å². The molecule has 0 aliphatic rings. The summed E-state index contributed by atoms with van der Waals surface area (Å²) in [4.78, 5) is 14.7. The Morgan fingerprint density at radius 3 is 2.90 bits per heavy atom. The predicted octanol–water partition coefficient (Wildman–Crippen LogP) is 2.45. The summed E-state index contributed by atoms with van der Waals surface area (Å²) in [6.07, 6.45) is 1.62. The first-order valence-electron chi connectivity index (χ1n) is 6.49. The van der Waals surface area contributed by atoms with E-state index < -0.39 is 4.92 Å². The van der Waals surface area contributed by atoms with E-state index in [2.05, 4.69) is 10.1 Å². The molecule has 2 aromatic rings. The van der Waals surface area contributed by atoms with E-state index in [0.717, 1.165) is 12.8 Å². The third-order valence-corrected chi connectivity index (χ3v) is 3.00. The second-order valence-electron chi connectivity index (χ2n) is 4.47. The number of methoxy groups -OCH3 is 1. The first-order valence-corrected chi connectivity index (χ1v) is 6.49. The number of benzene rings is 1. The van der Waals surface area contributed by atoms with Crippen LogP contribution in [0.2, 0.25) is 0 Å². The van der Waals surface area contributed by atoms with Crippen LogP contribution in [0.25, 0.3) is 11.5 Å². The van der Waals surface area contributed by atoms with Gasteiger partial charge in [-0.3, -0.25) is 10.1 Å². The number of nitrogens with two attached hydrogens (primary N) is 1. The monoisotopic (exact) mass is 292 g/mol. The molecule has 8 heteroatoms. The zero-order valence-electron chi connectivity index (χ0n) is 11.8. The minimum Gasteiger partial charge on any atom is -0.490 e. The molecule has 0 radical (unpaired) electrons. The highest BCUT2D eigenvalue weighted by atomic mass is 16.6. The van der Waals surface area contributed by atoms with Crippen LogP contribution < -0.4 is 10.5 Å². The molecule has 0 fully saturated rings. The average molecular weight is 292 g/mol. The fourth-order valence-electron chi connectivity index (χ4n) is 1.99. The molecular weight excluding hydrogens is 276 g/mol. The van der Waals surface area contributed by atoms with E-state index in [4.69, 9.17) is 15.0 Å². The molecule has 2 rings (SSSR count). The van der Waals surface area contributed by atoms with Crippen molar-refractivity contribution in [1.82, 2.24) is 10.1 Å². The van der Waals surface area contributed by atoms with Gasteiger partial charge in [0, 0.05) is 6.07 Å². The summed E-state index contributed by atoms with van der Waals surface area (Å²) in [5, 5.41) is 14.8. The quantitative estimate of drug-likeness (QED) is 0.641. The molecule has 8 nitrogen and oxygen atoms in total. The highest BCUT2D eigenvalue weighted by Crippen LogP contribution is 2.37. The van der Waals surface area contributed by atoms with Crippen LogP contribution in [0.1, 0.15) is 31.6 Å². The standard InChI is InChI=1S/C13H16N4O4/c1-3-5-9(14)12-15-13(21-16-12)8-6-4-7-10(17(18)19)11(8)20-2/h4,6-7,9H,3,5,14H2,1-2H3. The zero-order chi connectivity index (χ0) is 15.4. The van der Waals surface area contributed by atoms with Crippen LogP contribution in [-0.4, -0.2) is 22.2 Å². The smallest absolute Gasteiger partial charge is 0.311 e. The normalized spacial score (nSPS) is 12.1. The number of nitro benzene ring substituents is 1. The topological polar surface area (TPSA) is 117 Å². The van der Waals surface area contributed by atoms with E-state index in [0.29, 0.717) is 11.4 Å². The molecule has 0 spiro atoms. The molecule has 0 aliphatic heterocycles. The van der Waals surface area contributed by atoms with E-state index in [1.54, 1.807) is 6.07 Å². The Kier molecular flexibility index (Phi) is 4.49. The average Bonchev–Trinajstić information content (AvgIpc) is 2.96. The number of rotatable bonds is 6. The van der Waals surface area contributed by atoms with E-state index in [1.165, 1.54) is 19.2 Å². The summed E-state index contributed by atoms with van der Waals surface area (Å²) in [6.45, 7) is 2.00. The second-order valence-corrected chi connectivity index (χ2v) is 4.47. The van der Waals surface area contributed by atoms with E-state index in [1.807, 2.05) is 6.92 Å². The van der Waals surface area contributed by atoms with Crippen molar-refractivity contribution in [2.75, 3.05) is 7.11 Å².